The first-order valence-electron chi connectivity index (χ1n) is 9.83. The Kier molecular flexibility index (Phi) is 6.54. The molecular weight excluding hydrogens is 418 g/mol. The number of amidine groups is 2. The standard InChI is InChI=1S/C21H29N5O4S/c1-12-10-11-15(30-12)17(21(2,3)4)23-19-18(24-31(29)25-19)22-14-9-7-8-13(16(14)27)20(28)26(5)6/h7-11,17,20,27-28H,1-6H3,(H,22,24)(H,23,25)/t17-,20?,31?/m0/s1. The van der Waals surface area contributed by atoms with E-state index in [2.05, 4.69) is 40.2 Å². The van der Waals surface area contributed by atoms with Gasteiger partial charge in [0.1, 0.15) is 23.5 Å². The highest BCUT2D eigenvalue weighted by atomic mass is 32.2. The molecule has 0 saturated carbocycles. The van der Waals surface area contributed by atoms with E-state index in [1.165, 1.54) is 0 Å². The van der Waals surface area contributed by atoms with Crippen molar-refractivity contribution in [2.45, 2.75) is 40.0 Å². The van der Waals surface area contributed by atoms with Crippen LogP contribution in [0.3, 0.4) is 0 Å². The molecular formula is C21H29N5O4S. The van der Waals surface area contributed by atoms with E-state index in [1.807, 2.05) is 19.1 Å². The van der Waals surface area contributed by atoms with E-state index in [-0.39, 0.29) is 23.0 Å². The molecule has 1 aliphatic rings. The average molecular weight is 448 g/mol. The highest BCUT2D eigenvalue weighted by Crippen LogP contribution is 2.35. The second-order valence-electron chi connectivity index (χ2n) is 8.71. The van der Waals surface area contributed by atoms with Crippen LogP contribution < -0.4 is 10.6 Å². The SMILES string of the molecule is Cc1ccc([C@H](NC2=NS(=O)N=C2Nc2cccc(C(O)N(C)C)c2O)C(C)(C)C)o1. The van der Waals surface area contributed by atoms with Crippen LogP contribution in [0, 0.1) is 12.3 Å². The van der Waals surface area contributed by atoms with Crippen molar-refractivity contribution >= 4 is 28.5 Å². The van der Waals surface area contributed by atoms with Crippen LogP contribution >= 0.6 is 0 Å². The van der Waals surface area contributed by atoms with Gasteiger partial charge in [-0.05, 0) is 44.6 Å². The van der Waals surface area contributed by atoms with Crippen LogP contribution in [0.2, 0.25) is 0 Å². The van der Waals surface area contributed by atoms with Crippen molar-refractivity contribution < 1.29 is 18.8 Å². The van der Waals surface area contributed by atoms with E-state index < -0.39 is 17.4 Å². The first-order valence-corrected chi connectivity index (χ1v) is 10.9. The van der Waals surface area contributed by atoms with Gasteiger partial charge in [-0.15, -0.1) is 8.80 Å². The Bertz CT molecular complexity index is 1040. The van der Waals surface area contributed by atoms with Gasteiger partial charge >= 0.3 is 0 Å². The number of aromatic hydroxyl groups is 1. The van der Waals surface area contributed by atoms with Gasteiger partial charge in [-0.1, -0.05) is 32.9 Å². The molecule has 4 N–H and O–H groups in total. The number of para-hydroxylation sites is 1. The summed E-state index contributed by atoms with van der Waals surface area (Å²) in [6.07, 6.45) is -0.986. The Hall–Kier alpha value is -2.69. The summed E-state index contributed by atoms with van der Waals surface area (Å²) in [5, 5.41) is 27.2. The van der Waals surface area contributed by atoms with Crippen LogP contribution in [-0.2, 0) is 11.2 Å². The van der Waals surface area contributed by atoms with Crippen molar-refractivity contribution in [3.05, 3.63) is 47.4 Å². The van der Waals surface area contributed by atoms with E-state index >= 15 is 0 Å². The van der Waals surface area contributed by atoms with Gasteiger partial charge < -0.3 is 25.3 Å². The van der Waals surface area contributed by atoms with Crippen molar-refractivity contribution in [2.24, 2.45) is 14.2 Å². The zero-order chi connectivity index (χ0) is 22.9. The van der Waals surface area contributed by atoms with Crippen molar-refractivity contribution in [3.63, 3.8) is 0 Å². The molecule has 1 aliphatic heterocycles. The third-order valence-corrected chi connectivity index (χ3v) is 5.52. The number of aliphatic hydroxyl groups excluding tert-OH is 1. The molecule has 31 heavy (non-hydrogen) atoms. The van der Waals surface area contributed by atoms with Gasteiger partial charge in [0.25, 0.3) is 11.2 Å². The van der Waals surface area contributed by atoms with E-state index in [0.29, 0.717) is 17.1 Å². The maximum atomic E-state index is 12.1. The van der Waals surface area contributed by atoms with Crippen LogP contribution in [0.1, 0.15) is 50.1 Å². The number of rotatable bonds is 5. The number of aliphatic hydroxyl groups is 1. The molecule has 3 atom stereocenters. The number of phenols is 1. The highest BCUT2D eigenvalue weighted by Gasteiger charge is 2.33. The Labute approximate surface area is 184 Å². The van der Waals surface area contributed by atoms with Crippen LogP contribution in [-0.4, -0.2) is 45.1 Å². The minimum absolute atomic E-state index is 0.127. The van der Waals surface area contributed by atoms with Crippen LogP contribution in [0.4, 0.5) is 5.69 Å². The average Bonchev–Trinajstić information content (AvgIpc) is 3.24. The molecule has 0 spiro atoms. The first kappa shape index (κ1) is 23.0. The molecule has 2 aromatic rings. The third kappa shape index (κ3) is 5.15. The van der Waals surface area contributed by atoms with Gasteiger partial charge in [-0.25, -0.2) is 4.21 Å². The number of hydrogen-bond donors (Lipinski definition) is 4. The van der Waals surface area contributed by atoms with Crippen molar-refractivity contribution in [1.82, 2.24) is 10.2 Å². The van der Waals surface area contributed by atoms with Crippen LogP contribution in [0.5, 0.6) is 5.75 Å². The van der Waals surface area contributed by atoms with Gasteiger partial charge in [0.15, 0.2) is 11.7 Å². The Balaban J connectivity index is 1.88. The highest BCUT2D eigenvalue weighted by molar-refractivity contribution is 7.83. The summed E-state index contributed by atoms with van der Waals surface area (Å²) < 4.78 is 26.1. The maximum absolute atomic E-state index is 12.1. The van der Waals surface area contributed by atoms with Crippen LogP contribution in [0.15, 0.2) is 43.5 Å². The fourth-order valence-electron chi connectivity index (χ4n) is 3.18. The summed E-state index contributed by atoms with van der Waals surface area (Å²) in [5.41, 5.74) is 0.395. The number of nitrogens with one attached hydrogen (secondary N) is 2. The molecule has 0 radical (unpaired) electrons. The number of anilines is 1. The topological polar surface area (TPSA) is 123 Å². The third-order valence-electron chi connectivity index (χ3n) is 4.84. The van der Waals surface area contributed by atoms with E-state index in [4.69, 9.17) is 4.42 Å². The number of benzene rings is 1. The van der Waals surface area contributed by atoms with Crippen LogP contribution in [0.25, 0.3) is 0 Å². The second-order valence-corrected chi connectivity index (χ2v) is 9.53. The van der Waals surface area contributed by atoms with E-state index in [9.17, 15) is 14.4 Å². The molecule has 2 heterocycles. The minimum Gasteiger partial charge on any atom is -0.505 e. The zero-order valence-corrected chi connectivity index (χ0v) is 19.3. The minimum atomic E-state index is -1.80. The Morgan fingerprint density at radius 2 is 1.81 bits per heavy atom. The Morgan fingerprint density at radius 1 is 1.13 bits per heavy atom. The zero-order valence-electron chi connectivity index (χ0n) is 18.5. The van der Waals surface area contributed by atoms with E-state index in [1.54, 1.807) is 37.2 Å². The van der Waals surface area contributed by atoms with E-state index in [0.717, 1.165) is 11.5 Å². The number of nitrogens with zero attached hydrogens (tertiary/aromatic N) is 3. The molecule has 9 nitrogen and oxygen atoms in total. The van der Waals surface area contributed by atoms with Gasteiger partial charge in [0.2, 0.25) is 0 Å². The number of furan rings is 1. The fourth-order valence-corrected chi connectivity index (χ4v) is 3.80. The number of hydrogen-bond acceptors (Lipinski definition) is 7. The molecule has 1 aromatic heterocycles. The van der Waals surface area contributed by atoms with Crippen molar-refractivity contribution in [2.75, 3.05) is 19.4 Å². The van der Waals surface area contributed by atoms with Gasteiger partial charge in [0, 0.05) is 5.56 Å². The monoisotopic (exact) mass is 447 g/mol. The lowest BCUT2D eigenvalue weighted by Gasteiger charge is -2.30. The summed E-state index contributed by atoms with van der Waals surface area (Å²) in [6.45, 7) is 8.03. The lowest BCUT2D eigenvalue weighted by atomic mass is 9.85. The molecule has 0 fully saturated rings. The molecule has 1 aromatic carbocycles. The lowest BCUT2D eigenvalue weighted by Crippen LogP contribution is -2.41. The summed E-state index contributed by atoms with van der Waals surface area (Å²) in [7, 11) is 3.40. The summed E-state index contributed by atoms with van der Waals surface area (Å²) in [4.78, 5) is 1.56. The molecule has 10 heteroatoms. The summed E-state index contributed by atoms with van der Waals surface area (Å²) in [5.74, 6) is 1.91. The normalized spacial score (nSPS) is 18.5. The predicted molar refractivity (Wildman–Crippen MR) is 122 cm³/mol. The molecule has 3 rings (SSSR count). The van der Waals surface area contributed by atoms with Gasteiger partial charge in [-0.3, -0.25) is 4.90 Å². The predicted octanol–water partition coefficient (Wildman–Crippen LogP) is 3.02. The smallest absolute Gasteiger partial charge is 0.269 e. The van der Waals surface area contributed by atoms with Crippen molar-refractivity contribution in [3.8, 4) is 5.75 Å². The summed E-state index contributed by atoms with van der Waals surface area (Å²) >= 11 is -1.80. The second kappa shape index (κ2) is 8.81. The maximum Gasteiger partial charge on any atom is 0.269 e. The largest absolute Gasteiger partial charge is 0.505 e. The fraction of sp³-hybridized carbons (Fsp3) is 0.429. The Morgan fingerprint density at radius 3 is 2.39 bits per heavy atom. The number of aryl methyl sites for hydroxylation is 1. The molecule has 0 bridgehead atoms. The molecule has 168 valence electrons. The lowest BCUT2D eigenvalue weighted by molar-refractivity contribution is 0.0376. The quantitative estimate of drug-likeness (QED) is 0.410. The number of phenolic OH excluding ortho intramolecular Hbond substituents is 1. The molecule has 0 saturated heterocycles. The molecule has 0 amide bonds. The van der Waals surface area contributed by atoms with Gasteiger partial charge in [-0.2, -0.15) is 0 Å². The molecule has 0 aliphatic carbocycles. The summed E-state index contributed by atoms with van der Waals surface area (Å²) in [6, 6.07) is 8.48. The van der Waals surface area contributed by atoms with Crippen molar-refractivity contribution in [1.29, 1.82) is 0 Å². The molecule has 2 unspecified atom stereocenters. The van der Waals surface area contributed by atoms with Gasteiger partial charge in [0.05, 0.1) is 11.7 Å². The first-order chi connectivity index (χ1) is 14.5.